The van der Waals surface area contributed by atoms with Crippen LogP contribution in [0.5, 0.6) is 0 Å². The zero-order valence-corrected chi connectivity index (χ0v) is 19.1. The molecule has 30 heavy (non-hydrogen) atoms. The van der Waals surface area contributed by atoms with E-state index in [1.54, 1.807) is 13.8 Å². The maximum atomic E-state index is 12.0. The molecule has 2 aromatic rings. The van der Waals surface area contributed by atoms with Crippen LogP contribution in [0.1, 0.15) is 31.1 Å². The van der Waals surface area contributed by atoms with Crippen molar-refractivity contribution >= 4 is 21.8 Å². The first-order chi connectivity index (χ1) is 14.3. The molecule has 8 nitrogen and oxygen atoms in total. The molecule has 164 valence electrons. The minimum absolute atomic E-state index is 0.177. The van der Waals surface area contributed by atoms with Gasteiger partial charge in [0.1, 0.15) is 11.6 Å². The highest BCUT2D eigenvalue weighted by molar-refractivity contribution is 7.90. The molecule has 1 N–H and O–H groups in total. The maximum absolute atomic E-state index is 12.0. The number of fused-ring (bicyclic) bond motifs is 1. The van der Waals surface area contributed by atoms with Gasteiger partial charge < -0.3 is 9.47 Å². The van der Waals surface area contributed by atoms with Crippen LogP contribution in [0.4, 0.5) is 5.69 Å². The standard InChI is InChI=1S/C21H32N6O2S/c1-17(2)30(28,29)22-16-21-24-23-20-11-13-26(14-15-27(20)21)12-5-6-18-7-9-19(10-8-18)25(3)4/h5-10,17,22H,11-16H2,1-4H3. The molecule has 3 rings (SSSR count). The number of aromatic nitrogens is 3. The van der Waals surface area contributed by atoms with Crippen LogP contribution in [0.25, 0.3) is 6.08 Å². The van der Waals surface area contributed by atoms with Crippen LogP contribution in [-0.2, 0) is 29.5 Å². The molecule has 0 radical (unpaired) electrons. The summed E-state index contributed by atoms with van der Waals surface area (Å²) in [5.74, 6) is 1.59. The van der Waals surface area contributed by atoms with Gasteiger partial charge in [-0.05, 0) is 31.5 Å². The van der Waals surface area contributed by atoms with Gasteiger partial charge in [-0.15, -0.1) is 10.2 Å². The van der Waals surface area contributed by atoms with Crippen molar-refractivity contribution in [2.24, 2.45) is 0 Å². The van der Waals surface area contributed by atoms with E-state index in [9.17, 15) is 8.42 Å². The van der Waals surface area contributed by atoms with Crippen molar-refractivity contribution in [3.8, 4) is 0 Å². The fourth-order valence-electron chi connectivity index (χ4n) is 3.29. The van der Waals surface area contributed by atoms with Crippen LogP contribution in [0.2, 0.25) is 0 Å². The number of hydrogen-bond donors (Lipinski definition) is 1. The van der Waals surface area contributed by atoms with Gasteiger partial charge in [-0.1, -0.05) is 24.3 Å². The van der Waals surface area contributed by atoms with Crippen LogP contribution in [0.15, 0.2) is 30.3 Å². The zero-order valence-electron chi connectivity index (χ0n) is 18.2. The van der Waals surface area contributed by atoms with Gasteiger partial charge in [-0.2, -0.15) is 0 Å². The molecule has 0 fully saturated rings. The molecule has 1 aromatic heterocycles. The number of benzene rings is 1. The summed E-state index contributed by atoms with van der Waals surface area (Å²) in [5.41, 5.74) is 2.38. The van der Waals surface area contributed by atoms with Gasteiger partial charge in [0.2, 0.25) is 10.0 Å². The highest BCUT2D eigenvalue weighted by Crippen LogP contribution is 2.14. The molecule has 1 aromatic carbocycles. The van der Waals surface area contributed by atoms with Crippen LogP contribution in [0, 0.1) is 0 Å². The Bertz CT molecular complexity index is 964. The Morgan fingerprint density at radius 2 is 1.87 bits per heavy atom. The van der Waals surface area contributed by atoms with E-state index >= 15 is 0 Å². The van der Waals surface area contributed by atoms with E-state index in [2.05, 4.69) is 61.1 Å². The average Bonchev–Trinajstić information content (AvgIpc) is 2.99. The molecule has 0 bridgehead atoms. The van der Waals surface area contributed by atoms with Crippen LogP contribution in [-0.4, -0.2) is 67.1 Å². The summed E-state index contributed by atoms with van der Waals surface area (Å²) in [6.45, 7) is 6.90. The first kappa shape index (κ1) is 22.5. The second kappa shape index (κ2) is 9.72. The predicted octanol–water partition coefficient (Wildman–Crippen LogP) is 1.74. The summed E-state index contributed by atoms with van der Waals surface area (Å²) < 4.78 is 28.7. The zero-order chi connectivity index (χ0) is 21.7. The Balaban J connectivity index is 1.54. The number of hydrogen-bond acceptors (Lipinski definition) is 6. The summed E-state index contributed by atoms with van der Waals surface area (Å²) in [6, 6.07) is 8.49. The van der Waals surface area contributed by atoms with Crippen molar-refractivity contribution in [1.82, 2.24) is 24.4 Å². The number of nitrogens with one attached hydrogen (secondary N) is 1. The number of nitrogens with zero attached hydrogens (tertiary/aromatic N) is 5. The SMILES string of the molecule is CC(C)S(=O)(=O)NCc1nnc2n1CCN(CC=Cc1ccc(N(C)C)cc1)CC2. The Hall–Kier alpha value is -2.23. The third-order valence-corrected chi connectivity index (χ3v) is 7.12. The van der Waals surface area contributed by atoms with Crippen LogP contribution < -0.4 is 9.62 Å². The predicted molar refractivity (Wildman–Crippen MR) is 121 cm³/mol. The summed E-state index contributed by atoms with van der Waals surface area (Å²) in [4.78, 5) is 4.46. The topological polar surface area (TPSA) is 83.4 Å². The maximum Gasteiger partial charge on any atom is 0.214 e. The third kappa shape index (κ3) is 5.68. The van der Waals surface area contributed by atoms with E-state index in [-0.39, 0.29) is 6.54 Å². The summed E-state index contributed by atoms with van der Waals surface area (Å²) in [7, 11) is 0.754. The molecule has 0 spiro atoms. The fraction of sp³-hybridized carbons (Fsp3) is 0.524. The molecular weight excluding hydrogens is 400 g/mol. The number of sulfonamides is 1. The van der Waals surface area contributed by atoms with E-state index in [0.29, 0.717) is 5.82 Å². The lowest BCUT2D eigenvalue weighted by molar-refractivity contribution is 0.308. The molecule has 1 aliphatic rings. The van der Waals surface area contributed by atoms with Crippen LogP contribution in [0.3, 0.4) is 0 Å². The van der Waals surface area contributed by atoms with Crippen molar-refractivity contribution in [3.05, 3.63) is 47.6 Å². The molecule has 0 saturated carbocycles. The minimum atomic E-state index is -3.32. The Morgan fingerprint density at radius 3 is 2.53 bits per heavy atom. The first-order valence-electron chi connectivity index (χ1n) is 10.3. The quantitative estimate of drug-likeness (QED) is 0.684. The lowest BCUT2D eigenvalue weighted by Gasteiger charge is -2.17. The van der Waals surface area contributed by atoms with Gasteiger partial charge in [0.15, 0.2) is 0 Å². The molecule has 2 heterocycles. The fourth-order valence-corrected chi connectivity index (χ4v) is 3.96. The normalized spacial score (nSPS) is 15.5. The van der Waals surface area contributed by atoms with E-state index in [0.717, 1.165) is 38.4 Å². The van der Waals surface area contributed by atoms with Crippen molar-refractivity contribution in [1.29, 1.82) is 0 Å². The Kier molecular flexibility index (Phi) is 7.27. The highest BCUT2D eigenvalue weighted by atomic mass is 32.2. The summed E-state index contributed by atoms with van der Waals surface area (Å²) >= 11 is 0. The highest BCUT2D eigenvalue weighted by Gasteiger charge is 2.20. The second-order valence-electron chi connectivity index (χ2n) is 8.04. The van der Waals surface area contributed by atoms with Gasteiger partial charge in [-0.3, -0.25) is 4.90 Å². The number of anilines is 1. The van der Waals surface area contributed by atoms with Crippen molar-refractivity contribution in [3.63, 3.8) is 0 Å². The summed E-state index contributed by atoms with van der Waals surface area (Å²) in [6.07, 6.45) is 5.14. The molecule has 0 saturated heterocycles. The second-order valence-corrected chi connectivity index (χ2v) is 10.4. The van der Waals surface area contributed by atoms with E-state index in [1.165, 1.54) is 11.3 Å². The Morgan fingerprint density at radius 1 is 1.13 bits per heavy atom. The molecule has 0 atom stereocenters. The lowest BCUT2D eigenvalue weighted by atomic mass is 10.2. The molecule has 1 aliphatic heterocycles. The van der Waals surface area contributed by atoms with E-state index in [4.69, 9.17) is 0 Å². The minimum Gasteiger partial charge on any atom is -0.378 e. The molecule has 0 amide bonds. The van der Waals surface area contributed by atoms with Gasteiger partial charge in [0.05, 0.1) is 11.8 Å². The van der Waals surface area contributed by atoms with Crippen molar-refractivity contribution in [2.75, 3.05) is 38.6 Å². The molecular formula is C21H32N6O2S. The molecule has 0 aliphatic carbocycles. The average molecular weight is 433 g/mol. The van der Waals surface area contributed by atoms with Gasteiger partial charge in [-0.25, -0.2) is 13.1 Å². The van der Waals surface area contributed by atoms with Gasteiger partial charge in [0.25, 0.3) is 0 Å². The van der Waals surface area contributed by atoms with Gasteiger partial charge >= 0.3 is 0 Å². The van der Waals surface area contributed by atoms with Gasteiger partial charge in [0, 0.05) is 52.4 Å². The first-order valence-corrected chi connectivity index (χ1v) is 11.9. The monoisotopic (exact) mass is 432 g/mol. The lowest BCUT2D eigenvalue weighted by Crippen LogP contribution is -2.32. The smallest absolute Gasteiger partial charge is 0.214 e. The Labute approximate surface area is 179 Å². The molecule has 0 unspecified atom stereocenters. The van der Waals surface area contributed by atoms with Crippen molar-refractivity contribution < 1.29 is 8.42 Å². The number of rotatable bonds is 8. The van der Waals surface area contributed by atoms with E-state index in [1.807, 2.05) is 18.7 Å². The summed E-state index contributed by atoms with van der Waals surface area (Å²) in [5, 5.41) is 8.01. The largest absolute Gasteiger partial charge is 0.378 e. The van der Waals surface area contributed by atoms with Crippen LogP contribution >= 0.6 is 0 Å². The van der Waals surface area contributed by atoms with Crippen molar-refractivity contribution in [2.45, 2.75) is 38.6 Å². The third-order valence-electron chi connectivity index (χ3n) is 5.33. The van der Waals surface area contributed by atoms with E-state index < -0.39 is 15.3 Å². The molecule has 9 heteroatoms.